The van der Waals surface area contributed by atoms with Crippen LogP contribution in [-0.2, 0) is 15.0 Å². The monoisotopic (exact) mass is 280 g/mol. The average Bonchev–Trinajstić information content (AvgIpc) is 2.26. The predicted octanol–water partition coefficient (Wildman–Crippen LogP) is 1.20. The molecule has 0 aliphatic heterocycles. The van der Waals surface area contributed by atoms with E-state index in [1.54, 1.807) is 7.05 Å². The fourth-order valence-corrected chi connectivity index (χ4v) is 2.50. The lowest BCUT2D eigenvalue weighted by molar-refractivity contribution is -0.137. The summed E-state index contributed by atoms with van der Waals surface area (Å²) in [5.41, 5.74) is 0. The molecule has 0 bridgehead atoms. The highest BCUT2D eigenvalue weighted by atomic mass is 32.2. The fourth-order valence-electron chi connectivity index (χ4n) is 1.34. The summed E-state index contributed by atoms with van der Waals surface area (Å²) in [6.07, 6.45) is 3.20. The van der Waals surface area contributed by atoms with Gasteiger partial charge in [0.05, 0.1) is 0 Å². The highest BCUT2D eigenvalue weighted by Gasteiger charge is 2.18. The van der Waals surface area contributed by atoms with Crippen LogP contribution in [0, 0.1) is 0 Å². The minimum Gasteiger partial charge on any atom is -0.481 e. The molecule has 108 valence electrons. The second kappa shape index (κ2) is 8.44. The Morgan fingerprint density at radius 3 is 2.28 bits per heavy atom. The van der Waals surface area contributed by atoms with Crippen molar-refractivity contribution in [2.45, 2.75) is 52.0 Å². The second-order valence-corrected chi connectivity index (χ2v) is 6.38. The molecule has 0 aromatic heterocycles. The van der Waals surface area contributed by atoms with Crippen LogP contribution >= 0.6 is 0 Å². The standard InChI is InChI=1S/C11H24N2O4S/c1-10(2)13(3)18(16,17)12-9-7-5-4-6-8-11(14)15/h10,12H,4-9H2,1-3H3,(H,14,15). The maximum atomic E-state index is 11.7. The first-order chi connectivity index (χ1) is 8.27. The molecule has 6 nitrogen and oxygen atoms in total. The molecule has 0 saturated heterocycles. The molecule has 2 N–H and O–H groups in total. The van der Waals surface area contributed by atoms with E-state index in [2.05, 4.69) is 4.72 Å². The summed E-state index contributed by atoms with van der Waals surface area (Å²) in [6, 6.07) is -0.0712. The molecule has 0 aliphatic rings. The van der Waals surface area contributed by atoms with Gasteiger partial charge >= 0.3 is 5.97 Å². The van der Waals surface area contributed by atoms with E-state index >= 15 is 0 Å². The van der Waals surface area contributed by atoms with E-state index in [1.807, 2.05) is 13.8 Å². The first-order valence-electron chi connectivity index (χ1n) is 6.21. The van der Waals surface area contributed by atoms with E-state index in [9.17, 15) is 13.2 Å². The highest BCUT2D eigenvalue weighted by Crippen LogP contribution is 2.04. The fraction of sp³-hybridized carbons (Fsp3) is 0.909. The van der Waals surface area contributed by atoms with Crippen LogP contribution in [0.5, 0.6) is 0 Å². The minimum atomic E-state index is -3.38. The normalized spacial score (nSPS) is 12.3. The molecule has 0 unspecified atom stereocenters. The smallest absolute Gasteiger partial charge is 0.303 e. The van der Waals surface area contributed by atoms with E-state index in [-0.39, 0.29) is 12.5 Å². The zero-order chi connectivity index (χ0) is 14.2. The Morgan fingerprint density at radius 1 is 1.22 bits per heavy atom. The van der Waals surface area contributed by atoms with Gasteiger partial charge in [-0.05, 0) is 26.7 Å². The molecule has 0 fully saturated rings. The Labute approximate surface area is 110 Å². The van der Waals surface area contributed by atoms with E-state index in [0.717, 1.165) is 19.3 Å². The van der Waals surface area contributed by atoms with Crippen LogP contribution < -0.4 is 4.72 Å². The zero-order valence-electron chi connectivity index (χ0n) is 11.3. The van der Waals surface area contributed by atoms with Crippen LogP contribution in [-0.4, -0.2) is 43.4 Å². The summed E-state index contributed by atoms with van der Waals surface area (Å²) in [4.78, 5) is 10.3. The van der Waals surface area contributed by atoms with Crippen molar-refractivity contribution in [1.29, 1.82) is 0 Å². The van der Waals surface area contributed by atoms with Crippen LogP contribution in [0.1, 0.15) is 46.0 Å². The lowest BCUT2D eigenvalue weighted by Crippen LogP contribution is -2.42. The number of carboxylic acids is 1. The van der Waals surface area contributed by atoms with Crippen LogP contribution in [0.15, 0.2) is 0 Å². The van der Waals surface area contributed by atoms with Crippen molar-refractivity contribution >= 4 is 16.2 Å². The Morgan fingerprint density at radius 2 is 1.78 bits per heavy atom. The third-order valence-electron chi connectivity index (χ3n) is 2.71. The molecular weight excluding hydrogens is 256 g/mol. The van der Waals surface area contributed by atoms with E-state index in [1.165, 1.54) is 4.31 Å². The maximum absolute atomic E-state index is 11.7. The summed E-state index contributed by atoms with van der Waals surface area (Å²) in [5.74, 6) is -0.783. The quantitative estimate of drug-likeness (QED) is 0.589. The van der Waals surface area contributed by atoms with Gasteiger partial charge in [-0.1, -0.05) is 12.8 Å². The van der Waals surface area contributed by atoms with Gasteiger partial charge in [-0.15, -0.1) is 0 Å². The van der Waals surface area contributed by atoms with E-state index in [4.69, 9.17) is 5.11 Å². The minimum absolute atomic E-state index is 0.0712. The van der Waals surface area contributed by atoms with Crippen molar-refractivity contribution in [3.63, 3.8) is 0 Å². The number of rotatable bonds is 10. The number of nitrogens with zero attached hydrogens (tertiary/aromatic N) is 1. The first-order valence-corrected chi connectivity index (χ1v) is 7.66. The zero-order valence-corrected chi connectivity index (χ0v) is 12.2. The Balaban J connectivity index is 3.69. The van der Waals surface area contributed by atoms with Gasteiger partial charge < -0.3 is 5.11 Å². The number of hydrogen-bond donors (Lipinski definition) is 2. The van der Waals surface area contributed by atoms with Crippen molar-refractivity contribution in [2.24, 2.45) is 0 Å². The van der Waals surface area contributed by atoms with Crippen LogP contribution in [0.2, 0.25) is 0 Å². The van der Waals surface area contributed by atoms with E-state index in [0.29, 0.717) is 13.0 Å². The number of unbranched alkanes of at least 4 members (excludes halogenated alkanes) is 3. The number of aliphatic carboxylic acids is 1. The van der Waals surface area contributed by atoms with Crippen molar-refractivity contribution in [1.82, 2.24) is 9.03 Å². The molecule has 7 heteroatoms. The van der Waals surface area contributed by atoms with Crippen molar-refractivity contribution in [2.75, 3.05) is 13.6 Å². The lowest BCUT2D eigenvalue weighted by Gasteiger charge is -2.21. The molecule has 0 aliphatic carbocycles. The molecule has 0 heterocycles. The van der Waals surface area contributed by atoms with Crippen molar-refractivity contribution < 1.29 is 18.3 Å². The van der Waals surface area contributed by atoms with Gasteiger partial charge in [0, 0.05) is 26.1 Å². The van der Waals surface area contributed by atoms with Gasteiger partial charge in [-0.3, -0.25) is 4.79 Å². The largest absolute Gasteiger partial charge is 0.481 e. The number of hydrogen-bond acceptors (Lipinski definition) is 3. The van der Waals surface area contributed by atoms with Crippen molar-refractivity contribution in [3.05, 3.63) is 0 Å². The third kappa shape index (κ3) is 7.62. The first kappa shape index (κ1) is 17.3. The molecule has 0 aromatic carbocycles. The van der Waals surface area contributed by atoms with Gasteiger partial charge in [0.2, 0.25) is 0 Å². The molecule has 0 amide bonds. The van der Waals surface area contributed by atoms with Crippen molar-refractivity contribution in [3.8, 4) is 0 Å². The highest BCUT2D eigenvalue weighted by molar-refractivity contribution is 7.87. The molecule has 0 rings (SSSR count). The number of nitrogens with one attached hydrogen (secondary N) is 1. The predicted molar refractivity (Wildman–Crippen MR) is 70.5 cm³/mol. The third-order valence-corrected chi connectivity index (χ3v) is 4.46. The molecule has 0 radical (unpaired) electrons. The van der Waals surface area contributed by atoms with Gasteiger partial charge in [-0.25, -0.2) is 4.72 Å². The van der Waals surface area contributed by atoms with Crippen LogP contribution in [0.25, 0.3) is 0 Å². The number of carbonyl (C=O) groups is 1. The topological polar surface area (TPSA) is 86.7 Å². The summed E-state index contributed by atoms with van der Waals surface area (Å²) >= 11 is 0. The Kier molecular flexibility index (Phi) is 8.13. The summed E-state index contributed by atoms with van der Waals surface area (Å²) < 4.78 is 27.2. The molecule has 18 heavy (non-hydrogen) atoms. The summed E-state index contributed by atoms with van der Waals surface area (Å²) in [6.45, 7) is 4.02. The average molecular weight is 280 g/mol. The van der Waals surface area contributed by atoms with Crippen LogP contribution in [0.3, 0.4) is 0 Å². The molecule has 0 spiro atoms. The van der Waals surface area contributed by atoms with Gasteiger partial charge in [0.15, 0.2) is 0 Å². The molecule has 0 saturated carbocycles. The summed E-state index contributed by atoms with van der Waals surface area (Å²) in [7, 11) is -1.83. The van der Waals surface area contributed by atoms with E-state index < -0.39 is 16.2 Å². The second-order valence-electron chi connectivity index (χ2n) is 4.57. The summed E-state index contributed by atoms with van der Waals surface area (Å²) in [5, 5.41) is 8.44. The van der Waals surface area contributed by atoms with Gasteiger partial charge in [0.25, 0.3) is 10.2 Å². The maximum Gasteiger partial charge on any atom is 0.303 e. The Hall–Kier alpha value is -0.660. The Bertz CT molecular complexity index is 341. The van der Waals surface area contributed by atoms with Gasteiger partial charge in [0.1, 0.15) is 0 Å². The number of carboxylic acid groups (broad SMARTS) is 1. The molecule has 0 atom stereocenters. The SMILES string of the molecule is CC(C)N(C)S(=O)(=O)NCCCCCCC(=O)O. The lowest BCUT2D eigenvalue weighted by atomic mass is 10.1. The molecular formula is C11H24N2O4S. The van der Waals surface area contributed by atoms with Gasteiger partial charge in [-0.2, -0.15) is 12.7 Å². The van der Waals surface area contributed by atoms with Crippen LogP contribution in [0.4, 0.5) is 0 Å². The molecule has 0 aromatic rings.